The molecule has 1 N–H and O–H groups in total. The van der Waals surface area contributed by atoms with Crippen LogP contribution in [0.5, 0.6) is 0 Å². The highest BCUT2D eigenvalue weighted by molar-refractivity contribution is 6.28. The van der Waals surface area contributed by atoms with Crippen LogP contribution in [0.15, 0.2) is 35.4 Å². The molecule has 0 aliphatic heterocycles. The van der Waals surface area contributed by atoms with Crippen LogP contribution in [-0.4, -0.2) is 19.5 Å². The molecule has 0 aliphatic carbocycles. The van der Waals surface area contributed by atoms with Crippen LogP contribution in [0.2, 0.25) is 5.28 Å². The third-order valence-electron chi connectivity index (χ3n) is 2.89. The van der Waals surface area contributed by atoms with Gasteiger partial charge in [-0.2, -0.15) is 10.2 Å². The third-order valence-corrected chi connectivity index (χ3v) is 3.07. The summed E-state index contributed by atoms with van der Waals surface area (Å²) in [5, 5.41) is 8.78. The lowest BCUT2D eigenvalue weighted by molar-refractivity contribution is 0.819. The van der Waals surface area contributed by atoms with E-state index in [4.69, 9.17) is 16.9 Å². The molecule has 0 radical (unpaired) electrons. The molecule has 0 saturated carbocycles. The van der Waals surface area contributed by atoms with Crippen molar-refractivity contribution in [1.82, 2.24) is 19.5 Å². The number of nitriles is 1. The van der Waals surface area contributed by atoms with E-state index in [9.17, 15) is 4.79 Å². The number of halogens is 1. The van der Waals surface area contributed by atoms with Crippen LogP contribution in [0.25, 0.3) is 11.2 Å². The van der Waals surface area contributed by atoms with Gasteiger partial charge in [0, 0.05) is 6.54 Å². The summed E-state index contributed by atoms with van der Waals surface area (Å²) < 4.78 is 1.69. The molecule has 3 rings (SSSR count). The zero-order valence-electron chi connectivity index (χ0n) is 10.2. The molecule has 3 aromatic rings. The second-order valence-corrected chi connectivity index (χ2v) is 4.57. The number of imidazole rings is 1. The average Bonchev–Trinajstić information content (AvgIpc) is 2.82. The Bertz CT molecular complexity index is 872. The van der Waals surface area contributed by atoms with Crippen LogP contribution in [0.1, 0.15) is 11.1 Å². The molecule has 0 atom stereocenters. The number of aromatic nitrogens is 4. The minimum absolute atomic E-state index is 0.0196. The highest BCUT2D eigenvalue weighted by Gasteiger charge is 2.10. The number of rotatable bonds is 2. The first-order chi connectivity index (χ1) is 9.67. The van der Waals surface area contributed by atoms with E-state index in [1.165, 1.54) is 0 Å². The second-order valence-electron chi connectivity index (χ2n) is 4.21. The van der Waals surface area contributed by atoms with E-state index in [1.54, 1.807) is 23.0 Å². The average molecular weight is 286 g/mol. The molecule has 0 saturated heterocycles. The normalized spacial score (nSPS) is 10.6. The summed E-state index contributed by atoms with van der Waals surface area (Å²) in [5.41, 5.74) is 1.91. The summed E-state index contributed by atoms with van der Waals surface area (Å²) in [6.45, 7) is 0.467. The molecule has 2 heterocycles. The number of hydrogen-bond acceptors (Lipinski definition) is 4. The van der Waals surface area contributed by atoms with Crippen molar-refractivity contribution in [2.45, 2.75) is 6.54 Å². The highest BCUT2D eigenvalue weighted by atomic mass is 35.5. The molecule has 0 bridgehead atoms. The number of aromatic amines is 1. The van der Waals surface area contributed by atoms with Gasteiger partial charge in [-0.3, -0.25) is 9.78 Å². The van der Waals surface area contributed by atoms with Crippen molar-refractivity contribution >= 4 is 22.8 Å². The van der Waals surface area contributed by atoms with Gasteiger partial charge in [-0.15, -0.1) is 0 Å². The standard InChI is InChI=1S/C13H8ClN5O/c14-13-17-11-10(12(20)18-13)19(7-16-11)6-9-3-1-8(5-15)2-4-9/h1-4,7H,6H2,(H,17,18,20). The quantitative estimate of drug-likeness (QED) is 0.726. The van der Waals surface area contributed by atoms with Crippen molar-refractivity contribution in [1.29, 1.82) is 5.26 Å². The number of nitrogens with one attached hydrogen (secondary N) is 1. The summed E-state index contributed by atoms with van der Waals surface area (Å²) in [5.74, 6) is 0. The van der Waals surface area contributed by atoms with Crippen molar-refractivity contribution in [3.05, 3.63) is 57.4 Å². The third kappa shape index (κ3) is 2.15. The van der Waals surface area contributed by atoms with E-state index in [0.29, 0.717) is 23.3 Å². The lowest BCUT2D eigenvalue weighted by Crippen LogP contribution is -2.12. The molecule has 0 unspecified atom stereocenters. The van der Waals surface area contributed by atoms with Gasteiger partial charge in [0.2, 0.25) is 5.28 Å². The molecular formula is C13H8ClN5O. The van der Waals surface area contributed by atoms with Gasteiger partial charge in [-0.1, -0.05) is 12.1 Å². The molecule has 98 valence electrons. The predicted octanol–water partition coefficient (Wildman–Crippen LogP) is 1.69. The zero-order chi connectivity index (χ0) is 14.1. The van der Waals surface area contributed by atoms with Gasteiger partial charge in [0.15, 0.2) is 11.2 Å². The fourth-order valence-electron chi connectivity index (χ4n) is 1.96. The first-order valence-corrected chi connectivity index (χ1v) is 6.15. The molecular weight excluding hydrogens is 278 g/mol. The molecule has 0 spiro atoms. The summed E-state index contributed by atoms with van der Waals surface area (Å²) in [4.78, 5) is 22.4. The molecule has 0 aliphatic rings. The zero-order valence-corrected chi connectivity index (χ0v) is 10.9. The van der Waals surface area contributed by atoms with E-state index >= 15 is 0 Å². The fraction of sp³-hybridized carbons (Fsp3) is 0.0769. The molecule has 0 fully saturated rings. The molecule has 20 heavy (non-hydrogen) atoms. The predicted molar refractivity (Wildman–Crippen MR) is 73.4 cm³/mol. The maximum atomic E-state index is 11.9. The molecule has 2 aromatic heterocycles. The van der Waals surface area contributed by atoms with Crippen molar-refractivity contribution in [3.8, 4) is 6.07 Å². The molecule has 0 amide bonds. The Balaban J connectivity index is 2.03. The van der Waals surface area contributed by atoms with E-state index < -0.39 is 0 Å². The van der Waals surface area contributed by atoms with Gasteiger partial charge in [-0.25, -0.2) is 4.98 Å². The van der Waals surface area contributed by atoms with E-state index in [-0.39, 0.29) is 10.8 Å². The number of nitrogens with zero attached hydrogens (tertiary/aromatic N) is 4. The molecule has 7 heteroatoms. The minimum Gasteiger partial charge on any atom is -0.320 e. The topological polar surface area (TPSA) is 87.4 Å². The first kappa shape index (κ1) is 12.4. The summed E-state index contributed by atoms with van der Waals surface area (Å²) in [7, 11) is 0. The van der Waals surface area contributed by atoms with Gasteiger partial charge in [0.05, 0.1) is 18.0 Å². The smallest absolute Gasteiger partial charge is 0.278 e. The maximum Gasteiger partial charge on any atom is 0.278 e. The Kier molecular flexibility index (Phi) is 2.97. The number of H-pyrrole nitrogens is 1. The summed E-state index contributed by atoms with van der Waals surface area (Å²) >= 11 is 5.68. The number of hydrogen-bond donors (Lipinski definition) is 1. The summed E-state index contributed by atoms with van der Waals surface area (Å²) in [6.07, 6.45) is 1.54. The van der Waals surface area contributed by atoms with Crippen molar-refractivity contribution in [2.75, 3.05) is 0 Å². The van der Waals surface area contributed by atoms with Crippen LogP contribution in [0.4, 0.5) is 0 Å². The second kappa shape index (κ2) is 4.79. The number of fused-ring (bicyclic) bond motifs is 1. The van der Waals surface area contributed by atoms with Crippen molar-refractivity contribution < 1.29 is 0 Å². The van der Waals surface area contributed by atoms with Gasteiger partial charge < -0.3 is 4.57 Å². The van der Waals surface area contributed by atoms with Gasteiger partial charge >= 0.3 is 0 Å². The number of benzene rings is 1. The maximum absolute atomic E-state index is 11.9. The Morgan fingerprint density at radius 3 is 2.80 bits per heavy atom. The Hall–Kier alpha value is -2.65. The largest absolute Gasteiger partial charge is 0.320 e. The SMILES string of the molecule is N#Cc1ccc(Cn2cnc3nc(Cl)[nH]c(=O)c32)cc1. The molecule has 1 aromatic carbocycles. The van der Waals surface area contributed by atoms with Crippen LogP contribution in [0, 0.1) is 11.3 Å². The monoisotopic (exact) mass is 285 g/mol. The molecule has 6 nitrogen and oxygen atoms in total. The van der Waals surface area contributed by atoms with Crippen LogP contribution < -0.4 is 5.56 Å². The van der Waals surface area contributed by atoms with E-state index in [0.717, 1.165) is 5.56 Å². The van der Waals surface area contributed by atoms with E-state index in [1.807, 2.05) is 12.1 Å². The van der Waals surface area contributed by atoms with E-state index in [2.05, 4.69) is 21.0 Å². The van der Waals surface area contributed by atoms with Gasteiger partial charge in [0.25, 0.3) is 5.56 Å². The van der Waals surface area contributed by atoms with Crippen molar-refractivity contribution in [3.63, 3.8) is 0 Å². The Morgan fingerprint density at radius 2 is 2.10 bits per heavy atom. The van der Waals surface area contributed by atoms with Gasteiger partial charge in [-0.05, 0) is 29.3 Å². The lowest BCUT2D eigenvalue weighted by atomic mass is 10.1. The van der Waals surface area contributed by atoms with Crippen molar-refractivity contribution in [2.24, 2.45) is 0 Å². The lowest BCUT2D eigenvalue weighted by Gasteiger charge is -2.03. The first-order valence-electron chi connectivity index (χ1n) is 5.77. The fourth-order valence-corrected chi connectivity index (χ4v) is 2.13. The van der Waals surface area contributed by atoms with Crippen LogP contribution >= 0.6 is 11.6 Å². The van der Waals surface area contributed by atoms with Gasteiger partial charge in [0.1, 0.15) is 0 Å². The Morgan fingerprint density at radius 1 is 1.35 bits per heavy atom. The van der Waals surface area contributed by atoms with Crippen LogP contribution in [0.3, 0.4) is 0 Å². The minimum atomic E-state index is -0.328. The Labute approximate surface area is 118 Å². The van der Waals surface area contributed by atoms with Crippen LogP contribution in [-0.2, 0) is 6.54 Å². The highest BCUT2D eigenvalue weighted by Crippen LogP contribution is 2.11. The summed E-state index contributed by atoms with van der Waals surface area (Å²) in [6, 6.07) is 9.19.